The van der Waals surface area contributed by atoms with Crippen molar-refractivity contribution >= 4 is 27.6 Å². The zero-order valence-corrected chi connectivity index (χ0v) is 14.7. The van der Waals surface area contributed by atoms with E-state index in [1.807, 2.05) is 0 Å². The summed E-state index contributed by atoms with van der Waals surface area (Å²) >= 11 is 5.58. The van der Waals surface area contributed by atoms with E-state index < -0.39 is 32.6 Å². The number of carboxylic acid groups (broad SMARTS) is 1. The molecule has 140 valence electrons. The van der Waals surface area contributed by atoms with Crippen molar-refractivity contribution in [3.8, 4) is 0 Å². The zero-order valence-electron chi connectivity index (χ0n) is 13.1. The van der Waals surface area contributed by atoms with Crippen molar-refractivity contribution in [3.63, 3.8) is 0 Å². The Hall–Kier alpha value is -1.32. The third-order valence-electron chi connectivity index (χ3n) is 4.20. The smallest absolute Gasteiger partial charge is 0.417 e. The van der Waals surface area contributed by atoms with Crippen molar-refractivity contribution in [2.75, 3.05) is 13.1 Å². The van der Waals surface area contributed by atoms with E-state index in [-0.39, 0.29) is 30.5 Å². The van der Waals surface area contributed by atoms with Crippen LogP contribution in [-0.4, -0.2) is 36.9 Å². The molecular formula is C15H17ClF3NO4S. The van der Waals surface area contributed by atoms with Crippen LogP contribution in [0.1, 0.15) is 31.2 Å². The third-order valence-corrected chi connectivity index (χ3v) is 6.40. The second-order valence-electron chi connectivity index (χ2n) is 5.92. The van der Waals surface area contributed by atoms with E-state index in [1.54, 1.807) is 0 Å². The highest BCUT2D eigenvalue weighted by Gasteiger charge is 2.40. The van der Waals surface area contributed by atoms with Crippen LogP contribution in [0.4, 0.5) is 13.2 Å². The maximum Gasteiger partial charge on any atom is 0.417 e. The molecule has 1 aliphatic heterocycles. The maximum absolute atomic E-state index is 13.2. The quantitative estimate of drug-likeness (QED) is 0.820. The molecule has 1 aromatic carbocycles. The summed E-state index contributed by atoms with van der Waals surface area (Å²) in [5.74, 6) is -0.874. The molecule has 0 spiro atoms. The number of halogens is 4. The van der Waals surface area contributed by atoms with E-state index in [0.717, 1.165) is 16.4 Å². The summed E-state index contributed by atoms with van der Waals surface area (Å²) in [7, 11) is -4.31. The second kappa shape index (κ2) is 7.51. The van der Waals surface area contributed by atoms with E-state index in [1.165, 1.54) is 0 Å². The molecule has 1 aliphatic rings. The fourth-order valence-corrected chi connectivity index (χ4v) is 4.69. The van der Waals surface area contributed by atoms with Gasteiger partial charge in [-0.15, -0.1) is 0 Å². The summed E-state index contributed by atoms with van der Waals surface area (Å²) in [6.45, 7) is 0.124. The Morgan fingerprint density at radius 2 is 1.88 bits per heavy atom. The minimum Gasteiger partial charge on any atom is -0.481 e. The molecule has 0 aliphatic carbocycles. The molecule has 0 unspecified atom stereocenters. The molecule has 0 atom stereocenters. The average Bonchev–Trinajstić information content (AvgIpc) is 2.52. The van der Waals surface area contributed by atoms with Gasteiger partial charge in [0.05, 0.1) is 10.5 Å². The Morgan fingerprint density at radius 1 is 1.28 bits per heavy atom. The van der Waals surface area contributed by atoms with E-state index >= 15 is 0 Å². The molecule has 2 rings (SSSR count). The standard InChI is InChI=1S/C15H17ClF3NO4S/c16-11-2-3-13(12(9-11)15(17,18)19)25(23,24)20-7-5-10(6-8-20)1-4-14(21)22/h2-3,9-10H,1,4-8H2,(H,21,22). The highest BCUT2D eigenvalue weighted by molar-refractivity contribution is 7.89. The predicted octanol–water partition coefficient (Wildman–Crippen LogP) is 3.62. The molecule has 0 aromatic heterocycles. The van der Waals surface area contributed by atoms with Gasteiger partial charge in [0, 0.05) is 24.5 Å². The molecule has 10 heteroatoms. The van der Waals surface area contributed by atoms with Gasteiger partial charge in [-0.25, -0.2) is 8.42 Å². The zero-order chi connectivity index (χ0) is 18.8. The molecule has 1 aromatic rings. The monoisotopic (exact) mass is 399 g/mol. The van der Waals surface area contributed by atoms with Gasteiger partial charge in [0.15, 0.2) is 0 Å². The van der Waals surface area contributed by atoms with Gasteiger partial charge in [-0.3, -0.25) is 4.79 Å². The first kappa shape index (κ1) is 20.0. The van der Waals surface area contributed by atoms with Crippen LogP contribution in [0.5, 0.6) is 0 Å². The number of piperidine rings is 1. The van der Waals surface area contributed by atoms with Gasteiger partial charge in [-0.05, 0) is 43.4 Å². The van der Waals surface area contributed by atoms with Gasteiger partial charge in [0.1, 0.15) is 0 Å². The molecule has 0 amide bonds. The Kier molecular flexibility index (Phi) is 6.01. The first-order valence-electron chi connectivity index (χ1n) is 7.60. The Labute approximate surface area is 148 Å². The predicted molar refractivity (Wildman–Crippen MR) is 84.8 cm³/mol. The average molecular weight is 400 g/mol. The van der Waals surface area contributed by atoms with Gasteiger partial charge in [0.25, 0.3) is 0 Å². The lowest BCUT2D eigenvalue weighted by molar-refractivity contribution is -0.140. The molecule has 1 heterocycles. The lowest BCUT2D eigenvalue weighted by atomic mass is 9.93. The first-order valence-corrected chi connectivity index (χ1v) is 9.42. The first-order chi connectivity index (χ1) is 11.5. The number of benzene rings is 1. The number of rotatable bonds is 5. The summed E-state index contributed by atoms with van der Waals surface area (Å²) in [6.07, 6.45) is -3.58. The Morgan fingerprint density at radius 3 is 2.40 bits per heavy atom. The molecule has 1 fully saturated rings. The van der Waals surface area contributed by atoms with Crippen molar-refractivity contribution < 1.29 is 31.5 Å². The largest absolute Gasteiger partial charge is 0.481 e. The van der Waals surface area contributed by atoms with Crippen LogP contribution in [0.25, 0.3) is 0 Å². The van der Waals surface area contributed by atoms with Gasteiger partial charge >= 0.3 is 12.1 Å². The van der Waals surface area contributed by atoms with E-state index in [4.69, 9.17) is 16.7 Å². The van der Waals surface area contributed by atoms with Crippen LogP contribution in [0.3, 0.4) is 0 Å². The van der Waals surface area contributed by atoms with Gasteiger partial charge in [-0.1, -0.05) is 11.6 Å². The summed E-state index contributed by atoms with van der Waals surface area (Å²) in [4.78, 5) is 9.77. The number of aliphatic carboxylic acids is 1. The molecule has 0 radical (unpaired) electrons. The van der Waals surface area contributed by atoms with Crippen LogP contribution < -0.4 is 0 Å². The molecule has 25 heavy (non-hydrogen) atoms. The third kappa shape index (κ3) is 4.86. The van der Waals surface area contributed by atoms with Crippen molar-refractivity contribution in [1.82, 2.24) is 4.31 Å². The van der Waals surface area contributed by atoms with Gasteiger partial charge in [-0.2, -0.15) is 17.5 Å². The lowest BCUT2D eigenvalue weighted by Crippen LogP contribution is -2.39. The number of hydrogen-bond donors (Lipinski definition) is 1. The van der Waals surface area contributed by atoms with E-state index in [2.05, 4.69) is 0 Å². The highest BCUT2D eigenvalue weighted by Crippen LogP contribution is 2.37. The second-order valence-corrected chi connectivity index (χ2v) is 8.26. The van der Waals surface area contributed by atoms with Crippen molar-refractivity contribution in [2.45, 2.75) is 36.8 Å². The normalized spacial score (nSPS) is 17.6. The van der Waals surface area contributed by atoms with Crippen LogP contribution in [0, 0.1) is 5.92 Å². The Bertz CT molecular complexity index is 744. The summed E-state index contributed by atoms with van der Waals surface area (Å²) in [5.41, 5.74) is -1.28. The molecular weight excluding hydrogens is 383 g/mol. The van der Waals surface area contributed by atoms with Crippen molar-refractivity contribution in [2.24, 2.45) is 5.92 Å². The number of hydrogen-bond acceptors (Lipinski definition) is 3. The number of carbonyl (C=O) groups is 1. The number of sulfonamides is 1. The number of nitrogens with zero attached hydrogens (tertiary/aromatic N) is 1. The topological polar surface area (TPSA) is 74.7 Å². The van der Waals surface area contributed by atoms with E-state index in [9.17, 15) is 26.4 Å². The summed E-state index contributed by atoms with van der Waals surface area (Å²) in [6, 6.07) is 2.59. The van der Waals surface area contributed by atoms with Gasteiger partial charge in [0.2, 0.25) is 10.0 Å². The fourth-order valence-electron chi connectivity index (χ4n) is 2.85. The fraction of sp³-hybridized carbons (Fsp3) is 0.533. The maximum atomic E-state index is 13.2. The minimum absolute atomic E-state index is 0.00712. The minimum atomic E-state index is -4.84. The van der Waals surface area contributed by atoms with Crippen LogP contribution >= 0.6 is 11.6 Å². The molecule has 0 bridgehead atoms. The summed E-state index contributed by atoms with van der Waals surface area (Å²) < 4.78 is 65.8. The van der Waals surface area contributed by atoms with Crippen LogP contribution in [-0.2, 0) is 21.0 Å². The van der Waals surface area contributed by atoms with E-state index in [0.29, 0.717) is 25.3 Å². The van der Waals surface area contributed by atoms with Crippen molar-refractivity contribution in [1.29, 1.82) is 0 Å². The lowest BCUT2D eigenvalue weighted by Gasteiger charge is -2.31. The SMILES string of the molecule is O=C(O)CCC1CCN(S(=O)(=O)c2ccc(Cl)cc2C(F)(F)F)CC1. The molecule has 1 saturated heterocycles. The Balaban J connectivity index is 2.20. The summed E-state index contributed by atoms with van der Waals surface area (Å²) in [5, 5.41) is 8.48. The molecule has 0 saturated carbocycles. The van der Waals surface area contributed by atoms with Crippen LogP contribution in [0.2, 0.25) is 5.02 Å². The van der Waals surface area contributed by atoms with Crippen LogP contribution in [0.15, 0.2) is 23.1 Å². The van der Waals surface area contributed by atoms with Crippen molar-refractivity contribution in [3.05, 3.63) is 28.8 Å². The molecule has 1 N–H and O–H groups in total. The van der Waals surface area contributed by atoms with Gasteiger partial charge < -0.3 is 5.11 Å². The number of carboxylic acids is 1. The highest BCUT2D eigenvalue weighted by atomic mass is 35.5. The molecule has 5 nitrogen and oxygen atoms in total. The number of alkyl halides is 3.